The average Bonchev–Trinajstić information content (AvgIpc) is 2.66. The van der Waals surface area contributed by atoms with Gasteiger partial charge in [-0.2, -0.15) is 26.3 Å². The van der Waals surface area contributed by atoms with Crippen molar-refractivity contribution in [3.8, 4) is 0 Å². The molecule has 0 radical (unpaired) electrons. The van der Waals surface area contributed by atoms with Crippen LogP contribution in [0.1, 0.15) is 12.5 Å². The molecule has 0 fully saturated rings. The van der Waals surface area contributed by atoms with Gasteiger partial charge < -0.3 is 5.11 Å². The predicted octanol–water partition coefficient (Wildman–Crippen LogP) is 4.12. The Labute approximate surface area is 171 Å². The second kappa shape index (κ2) is 8.00. The second-order valence-corrected chi connectivity index (χ2v) is 8.04. The fourth-order valence-electron chi connectivity index (χ4n) is 2.72. The molecule has 0 heterocycles. The first-order valence-electron chi connectivity index (χ1n) is 8.31. The Morgan fingerprint density at radius 3 is 1.74 bits per heavy atom. The molecule has 0 aliphatic heterocycles. The number of rotatable bonds is 6. The number of hydrogen-bond acceptors (Lipinski definition) is 5. The number of alkyl halides is 6. The number of non-ortho nitro benzene ring substituents is 1. The van der Waals surface area contributed by atoms with Crippen molar-refractivity contribution in [1.82, 2.24) is 0 Å². The third kappa shape index (κ3) is 4.30. The second-order valence-electron chi connectivity index (χ2n) is 6.17. The highest BCUT2D eigenvalue weighted by atomic mass is 32.2. The van der Waals surface area contributed by atoms with Crippen molar-refractivity contribution in [2.45, 2.75) is 29.8 Å². The van der Waals surface area contributed by atoms with Crippen LogP contribution in [-0.4, -0.2) is 37.3 Å². The largest absolute Gasteiger partial charge is 0.430 e. The van der Waals surface area contributed by atoms with E-state index in [0.29, 0.717) is 28.6 Å². The number of nitro benzene ring substituents is 1. The zero-order valence-electron chi connectivity index (χ0n) is 15.5. The molecule has 0 unspecified atom stereocenters. The van der Waals surface area contributed by atoms with Crippen molar-refractivity contribution < 1.29 is 44.8 Å². The third-order valence-electron chi connectivity index (χ3n) is 4.32. The van der Waals surface area contributed by atoms with E-state index in [9.17, 15) is 50.0 Å². The van der Waals surface area contributed by atoms with E-state index < -0.39 is 38.5 Å². The van der Waals surface area contributed by atoms with Crippen molar-refractivity contribution in [3.63, 3.8) is 0 Å². The maximum absolute atomic E-state index is 13.0. The Hall–Kier alpha value is -2.87. The van der Waals surface area contributed by atoms with Gasteiger partial charge in [0.25, 0.3) is 21.3 Å². The summed E-state index contributed by atoms with van der Waals surface area (Å²) in [6.45, 7) is 1.10. The lowest BCUT2D eigenvalue weighted by atomic mass is 9.92. The maximum Gasteiger partial charge on any atom is 0.430 e. The van der Waals surface area contributed by atoms with Gasteiger partial charge in [-0.15, -0.1) is 0 Å². The molecule has 2 aromatic rings. The van der Waals surface area contributed by atoms with Crippen LogP contribution in [0.4, 0.5) is 37.7 Å². The Morgan fingerprint density at radius 1 is 0.935 bits per heavy atom. The SMILES string of the molecule is CCN(c1ccc(C(O)(C(F)(F)F)C(F)(F)F)cc1)S(=O)(=O)c1ccc([N+](=O)[O-])cc1. The summed E-state index contributed by atoms with van der Waals surface area (Å²) in [5.41, 5.74) is -7.35. The number of halogens is 6. The molecule has 0 aliphatic carbocycles. The maximum atomic E-state index is 13.0. The molecule has 0 spiro atoms. The number of nitro groups is 1. The molecule has 0 amide bonds. The normalized spacial score (nSPS) is 13.2. The minimum atomic E-state index is -6.08. The van der Waals surface area contributed by atoms with Crippen molar-refractivity contribution >= 4 is 21.4 Å². The van der Waals surface area contributed by atoms with Crippen LogP contribution in [0.5, 0.6) is 0 Å². The smallest absolute Gasteiger partial charge is 0.369 e. The lowest BCUT2D eigenvalue weighted by Gasteiger charge is -2.33. The summed E-state index contributed by atoms with van der Waals surface area (Å²) in [5.74, 6) is 0. The number of nitrogens with zero attached hydrogens (tertiary/aromatic N) is 2. The lowest BCUT2D eigenvalue weighted by molar-refractivity contribution is -0.384. The van der Waals surface area contributed by atoms with Crippen LogP contribution in [0, 0.1) is 10.1 Å². The van der Waals surface area contributed by atoms with Crippen LogP contribution in [0.3, 0.4) is 0 Å². The number of sulfonamides is 1. The summed E-state index contributed by atoms with van der Waals surface area (Å²) in [4.78, 5) is 9.55. The minimum Gasteiger partial charge on any atom is -0.369 e. The Kier molecular flexibility index (Phi) is 6.29. The van der Waals surface area contributed by atoms with Gasteiger partial charge in [-0.05, 0) is 31.2 Å². The van der Waals surface area contributed by atoms with Crippen molar-refractivity contribution in [3.05, 3.63) is 64.2 Å². The molecule has 0 atom stereocenters. The minimum absolute atomic E-state index is 0.262. The Bertz CT molecular complexity index is 1040. The number of anilines is 1. The first kappa shape index (κ1) is 24.4. The summed E-state index contributed by atoms with van der Waals surface area (Å²) in [7, 11) is -4.35. The zero-order valence-corrected chi connectivity index (χ0v) is 16.3. The molecule has 2 rings (SSSR count). The van der Waals surface area contributed by atoms with Gasteiger partial charge in [0.05, 0.1) is 15.5 Å². The fourth-order valence-corrected chi connectivity index (χ4v) is 4.19. The highest BCUT2D eigenvalue weighted by molar-refractivity contribution is 7.92. The molecule has 170 valence electrons. The Balaban J connectivity index is 2.49. The van der Waals surface area contributed by atoms with Crippen molar-refractivity contribution in [1.29, 1.82) is 0 Å². The number of benzene rings is 2. The molecule has 1 N–H and O–H groups in total. The number of aliphatic hydroxyl groups is 1. The summed E-state index contributed by atoms with van der Waals surface area (Å²) >= 11 is 0. The summed E-state index contributed by atoms with van der Waals surface area (Å²) in [6.07, 6.45) is -12.2. The van der Waals surface area contributed by atoms with Crippen molar-refractivity contribution in [2.75, 3.05) is 10.8 Å². The van der Waals surface area contributed by atoms with E-state index in [-0.39, 0.29) is 22.8 Å². The van der Waals surface area contributed by atoms with E-state index >= 15 is 0 Å². The van der Waals surface area contributed by atoms with Gasteiger partial charge in [0.2, 0.25) is 0 Å². The molecule has 14 heteroatoms. The van der Waals surface area contributed by atoms with Gasteiger partial charge in [-0.25, -0.2) is 8.42 Å². The van der Waals surface area contributed by atoms with Crippen LogP contribution in [0.25, 0.3) is 0 Å². The fraction of sp³-hybridized carbons (Fsp3) is 0.294. The molecule has 31 heavy (non-hydrogen) atoms. The molecular formula is C17H14F6N2O5S. The molecule has 0 bridgehead atoms. The summed E-state index contributed by atoms with van der Waals surface area (Å²) < 4.78 is 104. The van der Waals surface area contributed by atoms with Gasteiger partial charge in [-0.3, -0.25) is 14.4 Å². The monoisotopic (exact) mass is 472 g/mol. The summed E-state index contributed by atoms with van der Waals surface area (Å²) in [6, 6.07) is 5.75. The van der Waals surface area contributed by atoms with E-state index in [1.165, 1.54) is 6.92 Å². The van der Waals surface area contributed by atoms with Gasteiger partial charge in [0.1, 0.15) is 0 Å². The molecule has 0 saturated carbocycles. The predicted molar refractivity (Wildman–Crippen MR) is 95.8 cm³/mol. The molecule has 0 aliphatic rings. The van der Waals surface area contributed by atoms with E-state index in [0.717, 1.165) is 24.3 Å². The first-order chi connectivity index (χ1) is 14.1. The van der Waals surface area contributed by atoms with E-state index in [2.05, 4.69) is 0 Å². The highest BCUT2D eigenvalue weighted by Gasteiger charge is 2.71. The quantitative estimate of drug-likeness (QED) is 0.387. The van der Waals surface area contributed by atoms with Gasteiger partial charge >= 0.3 is 12.4 Å². The van der Waals surface area contributed by atoms with Gasteiger partial charge in [0.15, 0.2) is 0 Å². The van der Waals surface area contributed by atoms with Crippen LogP contribution in [-0.2, 0) is 15.6 Å². The van der Waals surface area contributed by atoms with Crippen LogP contribution >= 0.6 is 0 Å². The van der Waals surface area contributed by atoms with Crippen LogP contribution < -0.4 is 4.31 Å². The van der Waals surface area contributed by atoms with Gasteiger partial charge in [-0.1, -0.05) is 12.1 Å². The van der Waals surface area contributed by atoms with Crippen LogP contribution in [0.2, 0.25) is 0 Å². The van der Waals surface area contributed by atoms with Crippen molar-refractivity contribution in [2.24, 2.45) is 0 Å². The number of hydrogen-bond donors (Lipinski definition) is 1. The Morgan fingerprint density at radius 2 is 1.39 bits per heavy atom. The van der Waals surface area contributed by atoms with Crippen LogP contribution in [0.15, 0.2) is 53.4 Å². The topological polar surface area (TPSA) is 101 Å². The first-order valence-corrected chi connectivity index (χ1v) is 9.75. The average molecular weight is 472 g/mol. The molecule has 0 saturated heterocycles. The molecule has 2 aromatic carbocycles. The van der Waals surface area contributed by atoms with Gasteiger partial charge in [0, 0.05) is 24.2 Å². The van der Waals surface area contributed by atoms with E-state index in [4.69, 9.17) is 0 Å². The lowest BCUT2D eigenvalue weighted by Crippen LogP contribution is -2.53. The molecule has 0 aromatic heterocycles. The summed E-state index contributed by atoms with van der Waals surface area (Å²) in [5, 5.41) is 20.1. The standard InChI is InChI=1S/C17H14F6N2O5S/c1-2-24(31(29,30)14-9-7-13(8-10-14)25(27)28)12-5-3-11(4-6-12)15(26,16(18,19)20)17(21,22)23/h3-10,26H,2H2,1H3. The molecule has 7 nitrogen and oxygen atoms in total. The third-order valence-corrected chi connectivity index (χ3v) is 6.23. The highest BCUT2D eigenvalue weighted by Crippen LogP contribution is 2.50. The zero-order chi connectivity index (χ0) is 23.8. The molecular weight excluding hydrogens is 458 g/mol. The van der Waals surface area contributed by atoms with E-state index in [1.54, 1.807) is 0 Å². The van der Waals surface area contributed by atoms with E-state index in [1.807, 2.05) is 0 Å².